The standard InChI is InChI=1S/C12H17NO/c1-6-8-11(7-2)13-12(14)10(5)9(3)4/h6-8H,1-2H2,3-5H3,(H,13,14)/b11-8+. The quantitative estimate of drug-likeness (QED) is 0.537. The van der Waals surface area contributed by atoms with E-state index in [4.69, 9.17) is 0 Å². The zero-order valence-corrected chi connectivity index (χ0v) is 9.05. The predicted octanol–water partition coefficient (Wildman–Crippen LogP) is 2.71. The number of hydrogen-bond donors (Lipinski definition) is 1. The van der Waals surface area contributed by atoms with Crippen molar-refractivity contribution in [2.24, 2.45) is 0 Å². The molecule has 0 unspecified atom stereocenters. The van der Waals surface area contributed by atoms with Gasteiger partial charge in [0.25, 0.3) is 5.91 Å². The smallest absolute Gasteiger partial charge is 0.251 e. The second-order valence-electron chi connectivity index (χ2n) is 3.14. The minimum absolute atomic E-state index is 0.0991. The van der Waals surface area contributed by atoms with Gasteiger partial charge in [0.1, 0.15) is 0 Å². The van der Waals surface area contributed by atoms with Gasteiger partial charge in [-0.3, -0.25) is 4.79 Å². The maximum atomic E-state index is 11.5. The summed E-state index contributed by atoms with van der Waals surface area (Å²) in [6.45, 7) is 12.7. The number of nitrogens with one attached hydrogen (secondary N) is 1. The largest absolute Gasteiger partial charge is 0.322 e. The summed E-state index contributed by atoms with van der Waals surface area (Å²) in [6, 6.07) is 0. The summed E-state index contributed by atoms with van der Waals surface area (Å²) >= 11 is 0. The Bertz CT molecular complexity index is 304. The summed E-state index contributed by atoms with van der Waals surface area (Å²) in [6.07, 6.45) is 4.89. The lowest BCUT2D eigenvalue weighted by Crippen LogP contribution is -2.22. The molecule has 0 radical (unpaired) electrons. The molecule has 0 aromatic rings. The zero-order valence-electron chi connectivity index (χ0n) is 9.05. The van der Waals surface area contributed by atoms with Gasteiger partial charge < -0.3 is 5.32 Å². The number of carbonyl (C=O) groups is 1. The molecule has 2 heteroatoms. The van der Waals surface area contributed by atoms with Crippen molar-refractivity contribution in [1.29, 1.82) is 0 Å². The number of hydrogen-bond acceptors (Lipinski definition) is 1. The Kier molecular flexibility index (Phi) is 5.30. The molecule has 0 heterocycles. The molecule has 76 valence electrons. The van der Waals surface area contributed by atoms with Gasteiger partial charge in [-0.25, -0.2) is 0 Å². The van der Waals surface area contributed by atoms with Crippen LogP contribution in [0.15, 0.2) is 48.2 Å². The van der Waals surface area contributed by atoms with E-state index in [1.807, 2.05) is 13.8 Å². The molecule has 0 aliphatic heterocycles. The Balaban J connectivity index is 4.62. The third-order valence-electron chi connectivity index (χ3n) is 1.87. The fraction of sp³-hybridized carbons (Fsp3) is 0.250. The predicted molar refractivity (Wildman–Crippen MR) is 60.7 cm³/mol. The van der Waals surface area contributed by atoms with Gasteiger partial charge in [-0.15, -0.1) is 0 Å². The van der Waals surface area contributed by atoms with E-state index < -0.39 is 0 Å². The molecule has 1 amide bonds. The number of carbonyl (C=O) groups excluding carboxylic acids is 1. The van der Waals surface area contributed by atoms with Crippen molar-refractivity contribution in [2.75, 3.05) is 0 Å². The average molecular weight is 191 g/mol. The monoisotopic (exact) mass is 191 g/mol. The molecule has 0 rings (SSSR count). The minimum atomic E-state index is -0.0991. The molecule has 2 nitrogen and oxygen atoms in total. The van der Waals surface area contributed by atoms with Gasteiger partial charge in [-0.1, -0.05) is 24.8 Å². The number of rotatable bonds is 4. The van der Waals surface area contributed by atoms with Crippen LogP contribution < -0.4 is 5.32 Å². The first-order chi connectivity index (χ1) is 6.52. The lowest BCUT2D eigenvalue weighted by atomic mass is 10.1. The van der Waals surface area contributed by atoms with E-state index in [-0.39, 0.29) is 5.91 Å². The van der Waals surface area contributed by atoms with E-state index in [0.29, 0.717) is 5.70 Å². The molecule has 0 fully saturated rings. The third-order valence-corrected chi connectivity index (χ3v) is 1.87. The van der Waals surface area contributed by atoms with Gasteiger partial charge in [0, 0.05) is 11.3 Å². The molecule has 0 aromatic heterocycles. The van der Waals surface area contributed by atoms with Crippen LogP contribution in [0.25, 0.3) is 0 Å². The van der Waals surface area contributed by atoms with Crippen LogP contribution in [0.1, 0.15) is 20.8 Å². The Morgan fingerprint density at radius 2 is 1.79 bits per heavy atom. The highest BCUT2D eigenvalue weighted by molar-refractivity contribution is 5.94. The van der Waals surface area contributed by atoms with Crippen molar-refractivity contribution in [3.63, 3.8) is 0 Å². The van der Waals surface area contributed by atoms with Crippen LogP contribution in [0.5, 0.6) is 0 Å². The highest BCUT2D eigenvalue weighted by atomic mass is 16.1. The summed E-state index contributed by atoms with van der Waals surface area (Å²) in [4.78, 5) is 11.5. The summed E-state index contributed by atoms with van der Waals surface area (Å²) in [5, 5.41) is 2.72. The van der Waals surface area contributed by atoms with E-state index in [1.165, 1.54) is 0 Å². The van der Waals surface area contributed by atoms with Crippen LogP contribution in [0.4, 0.5) is 0 Å². The zero-order chi connectivity index (χ0) is 11.1. The minimum Gasteiger partial charge on any atom is -0.322 e. The maximum absolute atomic E-state index is 11.5. The molecule has 0 aromatic carbocycles. The van der Waals surface area contributed by atoms with Crippen molar-refractivity contribution in [3.8, 4) is 0 Å². The molecule has 0 spiro atoms. The van der Waals surface area contributed by atoms with Crippen molar-refractivity contribution in [3.05, 3.63) is 48.2 Å². The van der Waals surface area contributed by atoms with Gasteiger partial charge in [0.2, 0.25) is 0 Å². The Hall–Kier alpha value is -1.57. The lowest BCUT2D eigenvalue weighted by molar-refractivity contribution is -0.116. The number of allylic oxidation sites excluding steroid dienone is 4. The summed E-state index contributed by atoms with van der Waals surface area (Å²) < 4.78 is 0. The maximum Gasteiger partial charge on any atom is 0.251 e. The van der Waals surface area contributed by atoms with Crippen LogP contribution in [0, 0.1) is 0 Å². The third kappa shape index (κ3) is 3.90. The number of amides is 1. The Morgan fingerprint density at radius 1 is 1.21 bits per heavy atom. The highest BCUT2D eigenvalue weighted by Gasteiger charge is 2.05. The van der Waals surface area contributed by atoms with E-state index in [1.54, 1.807) is 25.2 Å². The van der Waals surface area contributed by atoms with Crippen LogP contribution in [0.3, 0.4) is 0 Å². The summed E-state index contributed by atoms with van der Waals surface area (Å²) in [5.41, 5.74) is 2.39. The Labute approximate surface area is 85.7 Å². The van der Waals surface area contributed by atoms with Crippen molar-refractivity contribution in [1.82, 2.24) is 5.32 Å². The van der Waals surface area contributed by atoms with E-state index in [9.17, 15) is 4.79 Å². The van der Waals surface area contributed by atoms with Gasteiger partial charge in [0.15, 0.2) is 0 Å². The topological polar surface area (TPSA) is 29.1 Å². The molecule has 0 saturated carbocycles. The lowest BCUT2D eigenvalue weighted by Gasteiger charge is -2.06. The second kappa shape index (κ2) is 5.97. The van der Waals surface area contributed by atoms with E-state index in [2.05, 4.69) is 18.5 Å². The first kappa shape index (κ1) is 12.4. The molecule has 14 heavy (non-hydrogen) atoms. The molecule has 1 N–H and O–H groups in total. The fourth-order valence-electron chi connectivity index (χ4n) is 0.740. The van der Waals surface area contributed by atoms with Crippen LogP contribution in [-0.2, 0) is 4.79 Å². The average Bonchev–Trinajstić information content (AvgIpc) is 2.15. The SMILES string of the molecule is C=C/C=C(\C=C)NC(=O)C(C)=C(C)C. The molecule has 0 aliphatic carbocycles. The van der Waals surface area contributed by atoms with E-state index >= 15 is 0 Å². The van der Waals surface area contributed by atoms with Gasteiger partial charge >= 0.3 is 0 Å². The van der Waals surface area contributed by atoms with Crippen LogP contribution in [0.2, 0.25) is 0 Å². The van der Waals surface area contributed by atoms with Crippen LogP contribution >= 0.6 is 0 Å². The molecular weight excluding hydrogens is 174 g/mol. The van der Waals surface area contributed by atoms with Gasteiger partial charge in [-0.05, 0) is 32.9 Å². The summed E-state index contributed by atoms with van der Waals surface area (Å²) in [5.74, 6) is -0.0991. The molecule has 0 saturated heterocycles. The van der Waals surface area contributed by atoms with Crippen LogP contribution in [-0.4, -0.2) is 5.91 Å². The normalized spacial score (nSPS) is 10.4. The van der Waals surface area contributed by atoms with Crippen molar-refractivity contribution >= 4 is 5.91 Å². The second-order valence-corrected chi connectivity index (χ2v) is 3.14. The molecule has 0 atom stereocenters. The van der Waals surface area contributed by atoms with Crippen molar-refractivity contribution in [2.45, 2.75) is 20.8 Å². The Morgan fingerprint density at radius 3 is 2.14 bits per heavy atom. The van der Waals surface area contributed by atoms with Crippen molar-refractivity contribution < 1.29 is 4.79 Å². The molecular formula is C12H17NO. The molecule has 0 bridgehead atoms. The summed E-state index contributed by atoms with van der Waals surface area (Å²) in [7, 11) is 0. The fourth-order valence-corrected chi connectivity index (χ4v) is 0.740. The molecule has 0 aliphatic rings. The highest BCUT2D eigenvalue weighted by Crippen LogP contribution is 2.03. The first-order valence-corrected chi connectivity index (χ1v) is 4.43. The first-order valence-electron chi connectivity index (χ1n) is 4.43. The van der Waals surface area contributed by atoms with Gasteiger partial charge in [-0.2, -0.15) is 0 Å². The van der Waals surface area contributed by atoms with E-state index in [0.717, 1.165) is 11.1 Å². The van der Waals surface area contributed by atoms with Gasteiger partial charge in [0.05, 0.1) is 0 Å².